The molecule has 74 valence electrons. The lowest BCUT2D eigenvalue weighted by molar-refractivity contribution is 0.869. The Balaban J connectivity index is 2.87. The van der Waals surface area contributed by atoms with E-state index in [-0.39, 0.29) is 0 Å². The summed E-state index contributed by atoms with van der Waals surface area (Å²) in [5, 5.41) is 3.02. The first-order valence-electron chi connectivity index (χ1n) is 4.49. The van der Waals surface area contributed by atoms with E-state index in [9.17, 15) is 0 Å². The lowest BCUT2D eigenvalue weighted by Gasteiger charge is -2.01. The van der Waals surface area contributed by atoms with Gasteiger partial charge in [0.25, 0.3) is 0 Å². The molecule has 2 aromatic rings. The van der Waals surface area contributed by atoms with Crippen LogP contribution < -0.4 is 5.32 Å². The normalized spacial score (nSPS) is 10.9. The van der Waals surface area contributed by atoms with Crippen molar-refractivity contribution in [2.45, 2.75) is 13.8 Å². The summed E-state index contributed by atoms with van der Waals surface area (Å²) in [6, 6.07) is 0. The molecule has 0 aliphatic heterocycles. The van der Waals surface area contributed by atoms with Crippen LogP contribution in [0, 0.1) is 13.8 Å². The highest BCUT2D eigenvalue weighted by molar-refractivity contribution is 5.83. The minimum atomic E-state index is 0.754. The maximum atomic E-state index is 4.40. The maximum absolute atomic E-state index is 4.40. The minimum Gasteiger partial charge on any atom is -0.371 e. The fourth-order valence-corrected chi connectivity index (χ4v) is 1.45. The van der Waals surface area contributed by atoms with Crippen LogP contribution in [-0.2, 0) is 7.05 Å². The standard InChI is InChI=1S/C9H13N5/c1-5-11-8(10-3)7-9(12-5)14(4)6(2)13-7/h1-4H3,(H,10,11,12). The molecule has 0 aliphatic rings. The molecule has 2 heterocycles. The zero-order valence-electron chi connectivity index (χ0n) is 8.79. The van der Waals surface area contributed by atoms with E-state index in [4.69, 9.17) is 0 Å². The van der Waals surface area contributed by atoms with Crippen molar-refractivity contribution in [3.8, 4) is 0 Å². The van der Waals surface area contributed by atoms with Crippen LogP contribution in [0.5, 0.6) is 0 Å². The van der Waals surface area contributed by atoms with Gasteiger partial charge in [-0.3, -0.25) is 0 Å². The molecule has 0 bridgehead atoms. The number of fused-ring (bicyclic) bond motifs is 1. The van der Waals surface area contributed by atoms with Crippen molar-refractivity contribution in [3.63, 3.8) is 0 Å². The highest BCUT2D eigenvalue weighted by atomic mass is 15.2. The van der Waals surface area contributed by atoms with Gasteiger partial charge in [0.2, 0.25) is 0 Å². The maximum Gasteiger partial charge on any atom is 0.165 e. The van der Waals surface area contributed by atoms with Crippen LogP contribution in [0.4, 0.5) is 5.82 Å². The summed E-state index contributed by atoms with van der Waals surface area (Å²) in [5.74, 6) is 2.48. The van der Waals surface area contributed by atoms with Crippen molar-refractivity contribution in [3.05, 3.63) is 11.6 Å². The lowest BCUT2D eigenvalue weighted by atomic mass is 10.4. The summed E-state index contributed by atoms with van der Waals surface area (Å²) < 4.78 is 1.96. The number of hydrogen-bond acceptors (Lipinski definition) is 4. The first-order valence-corrected chi connectivity index (χ1v) is 4.49. The molecule has 5 nitrogen and oxygen atoms in total. The first-order chi connectivity index (χ1) is 6.63. The quantitative estimate of drug-likeness (QED) is 0.731. The second-order valence-corrected chi connectivity index (χ2v) is 3.26. The Kier molecular flexibility index (Phi) is 1.87. The van der Waals surface area contributed by atoms with Gasteiger partial charge in [0.05, 0.1) is 0 Å². The molecule has 14 heavy (non-hydrogen) atoms. The second-order valence-electron chi connectivity index (χ2n) is 3.26. The number of hydrogen-bond donors (Lipinski definition) is 1. The molecule has 0 radical (unpaired) electrons. The topological polar surface area (TPSA) is 55.6 Å². The van der Waals surface area contributed by atoms with Crippen LogP contribution in [0.3, 0.4) is 0 Å². The predicted molar refractivity (Wildman–Crippen MR) is 55.3 cm³/mol. The van der Waals surface area contributed by atoms with Gasteiger partial charge in [-0.15, -0.1) is 0 Å². The number of aryl methyl sites for hydroxylation is 3. The van der Waals surface area contributed by atoms with Crippen LogP contribution in [0.15, 0.2) is 0 Å². The summed E-state index contributed by atoms with van der Waals surface area (Å²) >= 11 is 0. The van der Waals surface area contributed by atoms with Gasteiger partial charge in [0, 0.05) is 14.1 Å². The molecule has 0 unspecified atom stereocenters. The number of nitrogens with one attached hydrogen (secondary N) is 1. The fourth-order valence-electron chi connectivity index (χ4n) is 1.45. The van der Waals surface area contributed by atoms with Crippen molar-refractivity contribution in [2.75, 3.05) is 12.4 Å². The molecule has 0 spiro atoms. The van der Waals surface area contributed by atoms with Crippen molar-refractivity contribution >= 4 is 17.0 Å². The van der Waals surface area contributed by atoms with E-state index in [2.05, 4.69) is 20.3 Å². The molecule has 0 fully saturated rings. The molecular formula is C9H13N5. The van der Waals surface area contributed by atoms with Crippen LogP contribution >= 0.6 is 0 Å². The molecule has 5 heteroatoms. The van der Waals surface area contributed by atoms with Crippen LogP contribution in [0.1, 0.15) is 11.6 Å². The third-order valence-corrected chi connectivity index (χ3v) is 2.29. The summed E-state index contributed by atoms with van der Waals surface area (Å²) in [5.41, 5.74) is 1.71. The molecular weight excluding hydrogens is 178 g/mol. The Hall–Kier alpha value is -1.65. The molecule has 0 atom stereocenters. The molecule has 0 saturated heterocycles. The van der Waals surface area contributed by atoms with E-state index in [1.54, 1.807) is 0 Å². The zero-order chi connectivity index (χ0) is 10.3. The van der Waals surface area contributed by atoms with Gasteiger partial charge >= 0.3 is 0 Å². The minimum absolute atomic E-state index is 0.754. The van der Waals surface area contributed by atoms with Gasteiger partial charge < -0.3 is 9.88 Å². The molecule has 0 amide bonds. The SMILES string of the molecule is CNc1nc(C)nc2c1nc(C)n2C. The molecule has 1 N–H and O–H groups in total. The Morgan fingerprint density at radius 1 is 1.14 bits per heavy atom. The highest BCUT2D eigenvalue weighted by Crippen LogP contribution is 2.19. The summed E-state index contributed by atoms with van der Waals surface area (Å²) in [4.78, 5) is 13.0. The van der Waals surface area contributed by atoms with Crippen LogP contribution in [0.25, 0.3) is 11.2 Å². The average Bonchev–Trinajstić information content (AvgIpc) is 2.43. The molecule has 0 saturated carbocycles. The highest BCUT2D eigenvalue weighted by Gasteiger charge is 2.11. The monoisotopic (exact) mass is 191 g/mol. The van der Waals surface area contributed by atoms with Crippen molar-refractivity contribution < 1.29 is 0 Å². The van der Waals surface area contributed by atoms with E-state index < -0.39 is 0 Å². The van der Waals surface area contributed by atoms with Gasteiger partial charge in [0.1, 0.15) is 11.6 Å². The third kappa shape index (κ3) is 1.13. The molecule has 0 aromatic carbocycles. The number of rotatable bonds is 1. The second kappa shape index (κ2) is 2.94. The number of aromatic nitrogens is 4. The third-order valence-electron chi connectivity index (χ3n) is 2.29. The average molecular weight is 191 g/mol. The van der Waals surface area contributed by atoms with Gasteiger partial charge in [-0.1, -0.05) is 0 Å². The number of nitrogens with zero attached hydrogens (tertiary/aromatic N) is 4. The fraction of sp³-hybridized carbons (Fsp3) is 0.444. The smallest absolute Gasteiger partial charge is 0.165 e. The van der Waals surface area contributed by atoms with E-state index in [1.807, 2.05) is 32.5 Å². The summed E-state index contributed by atoms with van der Waals surface area (Å²) in [7, 11) is 3.79. The van der Waals surface area contributed by atoms with Crippen LogP contribution in [0.2, 0.25) is 0 Å². The Morgan fingerprint density at radius 3 is 2.50 bits per heavy atom. The van der Waals surface area contributed by atoms with Crippen molar-refractivity contribution in [2.24, 2.45) is 7.05 Å². The number of imidazole rings is 1. The first kappa shape index (κ1) is 8.93. The van der Waals surface area contributed by atoms with E-state index in [0.717, 1.165) is 28.6 Å². The predicted octanol–water partition coefficient (Wildman–Crippen LogP) is 1.02. The van der Waals surface area contributed by atoms with Crippen molar-refractivity contribution in [1.82, 2.24) is 19.5 Å². The molecule has 2 aromatic heterocycles. The van der Waals surface area contributed by atoms with E-state index >= 15 is 0 Å². The Morgan fingerprint density at radius 2 is 1.86 bits per heavy atom. The zero-order valence-corrected chi connectivity index (χ0v) is 8.79. The van der Waals surface area contributed by atoms with E-state index in [1.165, 1.54) is 0 Å². The van der Waals surface area contributed by atoms with Gasteiger partial charge in [-0.2, -0.15) is 0 Å². The number of anilines is 1. The van der Waals surface area contributed by atoms with Crippen LogP contribution in [-0.4, -0.2) is 26.6 Å². The lowest BCUT2D eigenvalue weighted by Crippen LogP contribution is -1.99. The summed E-state index contributed by atoms with van der Waals surface area (Å²) in [6.45, 7) is 3.83. The Labute approximate surface area is 82.2 Å². The largest absolute Gasteiger partial charge is 0.371 e. The van der Waals surface area contributed by atoms with Gasteiger partial charge in [-0.25, -0.2) is 15.0 Å². The Bertz CT molecular complexity index is 485. The van der Waals surface area contributed by atoms with Gasteiger partial charge in [0.15, 0.2) is 17.0 Å². The summed E-state index contributed by atoms with van der Waals surface area (Å²) in [6.07, 6.45) is 0. The van der Waals surface area contributed by atoms with E-state index in [0.29, 0.717) is 0 Å². The molecule has 2 rings (SSSR count). The molecule has 0 aliphatic carbocycles. The van der Waals surface area contributed by atoms with Crippen molar-refractivity contribution in [1.29, 1.82) is 0 Å². The van der Waals surface area contributed by atoms with Gasteiger partial charge in [-0.05, 0) is 13.8 Å².